The quantitative estimate of drug-likeness (QED) is 0.234. The summed E-state index contributed by atoms with van der Waals surface area (Å²) >= 11 is 0. The molecule has 1 atom stereocenters. The monoisotopic (exact) mass is 251 g/mol. The minimum absolute atomic E-state index is 0.191. The lowest BCUT2D eigenvalue weighted by Gasteiger charge is -2.07. The summed E-state index contributed by atoms with van der Waals surface area (Å²) in [5, 5.41) is 18.4. The van der Waals surface area contributed by atoms with Crippen LogP contribution in [0.2, 0.25) is 0 Å². The molecule has 0 aromatic heterocycles. The van der Waals surface area contributed by atoms with Crippen molar-refractivity contribution in [3.63, 3.8) is 0 Å². The maximum Gasteiger partial charge on any atom is 0.320 e. The van der Waals surface area contributed by atoms with E-state index in [0.717, 1.165) is 6.92 Å². The van der Waals surface area contributed by atoms with Crippen molar-refractivity contribution < 1.29 is 23.9 Å². The number of nitrogens with two attached hydrogens (primary N) is 2. The normalized spacial score (nSPS) is 15.4. The van der Waals surface area contributed by atoms with Crippen LogP contribution in [0.4, 0.5) is 0 Å². The van der Waals surface area contributed by atoms with Crippen molar-refractivity contribution >= 4 is 17.9 Å². The molecule has 0 unspecified atom stereocenters. The number of nitrogens with zero attached hydrogens (tertiary/aromatic N) is 1. The number of carbonyl (C=O) groups is 2. The van der Waals surface area contributed by atoms with Crippen molar-refractivity contribution in [2.45, 2.75) is 25.8 Å². The number of hydrogen-bond acceptors (Lipinski definition) is 4. The van der Waals surface area contributed by atoms with Crippen LogP contribution in [-0.4, -0.2) is 47.7 Å². The van der Waals surface area contributed by atoms with Gasteiger partial charge < -0.3 is 27.0 Å². The summed E-state index contributed by atoms with van der Waals surface area (Å²) in [4.78, 5) is 22.5. The maximum absolute atomic E-state index is 10.3. The van der Waals surface area contributed by atoms with Gasteiger partial charge in [-0.3, -0.25) is 14.6 Å². The van der Waals surface area contributed by atoms with E-state index in [1.807, 2.05) is 0 Å². The molecule has 0 bridgehead atoms. The van der Waals surface area contributed by atoms with Crippen molar-refractivity contribution in [2.75, 3.05) is 13.5 Å². The first-order chi connectivity index (χ1) is 8.95. The molecule has 7 N–H and O–H groups in total. The Morgan fingerprint density at radius 3 is 2.47 bits per heavy atom. The number of hydrogen-bond donors (Lipinski definition) is 5. The van der Waals surface area contributed by atoms with E-state index in [0.29, 0.717) is 13.0 Å². The maximum atomic E-state index is 10.3. The molecule has 100 valence electrons. The molecule has 8 nitrogen and oxygen atoms in total. The molecule has 0 aliphatic rings. The Labute approximate surface area is 104 Å². The predicted octanol–water partition coefficient (Wildman–Crippen LogP) is -1.20. The van der Waals surface area contributed by atoms with Crippen LogP contribution in [0.25, 0.3) is 0 Å². The van der Waals surface area contributed by atoms with Crippen LogP contribution in [0, 0.1) is 0 Å². The molecule has 0 fully saturated rings. The minimum Gasteiger partial charge on any atom is -0.481 e. The number of aliphatic carboxylic acids is 2. The van der Waals surface area contributed by atoms with Crippen molar-refractivity contribution in [2.24, 2.45) is 16.5 Å². The van der Waals surface area contributed by atoms with Gasteiger partial charge in [-0.25, -0.2) is 0 Å². The lowest BCUT2D eigenvalue weighted by molar-refractivity contribution is -0.138. The second kappa shape index (κ2) is 10.7. The third-order valence-corrected chi connectivity index (χ3v) is 1.44. The van der Waals surface area contributed by atoms with Crippen LogP contribution in [0.5, 0.6) is 0 Å². The van der Waals surface area contributed by atoms with Crippen LogP contribution in [0.1, 0.15) is 23.9 Å². The van der Waals surface area contributed by atoms with E-state index in [9.17, 15) is 4.79 Å². The Morgan fingerprint density at radius 2 is 2.06 bits per heavy atom. The highest BCUT2D eigenvalue weighted by atomic mass is 16.4. The van der Waals surface area contributed by atoms with Crippen molar-refractivity contribution in [3.05, 3.63) is 0 Å². The predicted molar refractivity (Wildman–Crippen MR) is 63.7 cm³/mol. The van der Waals surface area contributed by atoms with Gasteiger partial charge in [-0.1, -0.05) is 0 Å². The number of carboxylic acid groups (broad SMARTS) is 2. The Morgan fingerprint density at radius 1 is 1.53 bits per heavy atom. The number of nitrogens with one attached hydrogen (secondary N) is 1. The highest BCUT2D eigenvalue weighted by Gasteiger charge is 2.09. The molecule has 0 aromatic carbocycles. The lowest BCUT2D eigenvalue weighted by Crippen LogP contribution is -2.34. The van der Waals surface area contributed by atoms with Gasteiger partial charge in [0.15, 0.2) is 5.96 Å². The van der Waals surface area contributed by atoms with Gasteiger partial charge in [0.05, 0.1) is 0 Å². The molecular weight excluding hydrogens is 228 g/mol. The summed E-state index contributed by atoms with van der Waals surface area (Å²) in [7, 11) is 0. The summed E-state index contributed by atoms with van der Waals surface area (Å²) in [5.41, 5.74) is 10.5. The first kappa shape index (κ1) is 11.6. The molecule has 0 saturated carbocycles. The molecule has 0 aliphatic heterocycles. The minimum atomic E-state index is -2.46. The van der Waals surface area contributed by atoms with Crippen molar-refractivity contribution in [1.82, 2.24) is 5.32 Å². The summed E-state index contributed by atoms with van der Waals surface area (Å²) in [6, 6.07) is -0.914. The molecule has 8 heteroatoms. The molecule has 0 heterocycles. The Bertz CT molecular complexity index is 343. The van der Waals surface area contributed by atoms with Crippen LogP contribution in [0.15, 0.2) is 4.99 Å². The van der Waals surface area contributed by atoms with E-state index >= 15 is 0 Å². The van der Waals surface area contributed by atoms with Gasteiger partial charge in [0.1, 0.15) is 6.04 Å². The molecule has 0 spiro atoms. The molecule has 0 aliphatic carbocycles. The van der Waals surface area contributed by atoms with E-state index in [4.69, 9.17) is 30.6 Å². The fourth-order valence-electron chi connectivity index (χ4n) is 0.701. The van der Waals surface area contributed by atoms with E-state index in [1.165, 1.54) is 0 Å². The van der Waals surface area contributed by atoms with Gasteiger partial charge >= 0.3 is 5.97 Å². The highest BCUT2D eigenvalue weighted by molar-refractivity contribution is 5.77. The molecule has 0 amide bonds. The lowest BCUT2D eigenvalue weighted by atomic mass is 10.2. The number of rotatable bonds is 5. The smallest absolute Gasteiger partial charge is 0.320 e. The van der Waals surface area contributed by atoms with Gasteiger partial charge in [-0.2, -0.15) is 0 Å². The second-order valence-corrected chi connectivity index (χ2v) is 3.03. The number of guanidine groups is 1. The van der Waals surface area contributed by atoms with Crippen LogP contribution < -0.4 is 16.8 Å². The first-order valence-corrected chi connectivity index (χ1v) is 4.73. The Balaban J connectivity index is 0. The highest BCUT2D eigenvalue weighted by Crippen LogP contribution is 1.92. The van der Waals surface area contributed by atoms with Gasteiger partial charge in [0.25, 0.3) is 5.97 Å². The summed E-state index contributed by atoms with van der Waals surface area (Å²) in [5.74, 6) is -2.09. The van der Waals surface area contributed by atoms with Crippen LogP contribution in [-0.2, 0) is 9.59 Å². The van der Waals surface area contributed by atoms with Gasteiger partial charge in [-0.05, 0) is 12.8 Å². The molecular formula is C9H20N4O4. The SMILES string of the molecule is CC(=O)O.[2H]C([2H])([2H])N=C(N)NCCC[C@H](N)C(=O)O. The first-order valence-electron chi connectivity index (χ1n) is 6.23. The molecule has 0 aromatic rings. The molecule has 0 radical (unpaired) electrons. The van der Waals surface area contributed by atoms with Crippen molar-refractivity contribution in [3.8, 4) is 0 Å². The zero-order valence-electron chi connectivity index (χ0n) is 12.5. The average Bonchev–Trinajstić information content (AvgIpc) is 2.20. The standard InChI is InChI=1S/C7H16N4O2.C2H4O2/c1-10-7(9)11-4-2-3-5(8)6(12)13;1-2(3)4/h5H,2-4,8H2,1H3,(H,12,13)(H3,9,10,11);1H3,(H,3,4)/t5-;/m0./s1/i1D3;. The largest absolute Gasteiger partial charge is 0.481 e. The van der Waals surface area contributed by atoms with Gasteiger partial charge in [-0.15, -0.1) is 0 Å². The van der Waals surface area contributed by atoms with Gasteiger partial charge in [0, 0.05) is 24.6 Å². The Hall–Kier alpha value is -1.83. The zero-order chi connectivity index (χ0) is 16.3. The van der Waals surface area contributed by atoms with E-state index in [-0.39, 0.29) is 12.4 Å². The fourth-order valence-corrected chi connectivity index (χ4v) is 0.701. The van der Waals surface area contributed by atoms with Gasteiger partial charge in [0.2, 0.25) is 0 Å². The van der Waals surface area contributed by atoms with Crippen LogP contribution >= 0.6 is 0 Å². The van der Waals surface area contributed by atoms with Crippen LogP contribution in [0.3, 0.4) is 0 Å². The molecule has 0 saturated heterocycles. The average molecular weight is 251 g/mol. The fraction of sp³-hybridized carbons (Fsp3) is 0.667. The third-order valence-electron chi connectivity index (χ3n) is 1.44. The summed E-state index contributed by atoms with van der Waals surface area (Å²) < 4.78 is 20.4. The Kier molecular flexibility index (Phi) is 7.32. The number of carboxylic acids is 2. The molecule has 0 rings (SSSR count). The molecule has 17 heavy (non-hydrogen) atoms. The van der Waals surface area contributed by atoms with Crippen molar-refractivity contribution in [1.29, 1.82) is 0 Å². The number of aliphatic imine (C=N–C) groups is 1. The van der Waals surface area contributed by atoms with E-state index in [1.54, 1.807) is 0 Å². The van der Waals surface area contributed by atoms with E-state index < -0.39 is 25.0 Å². The zero-order valence-corrected chi connectivity index (χ0v) is 9.51. The summed E-state index contributed by atoms with van der Waals surface area (Å²) in [6.07, 6.45) is 0.744. The topological polar surface area (TPSA) is 151 Å². The second-order valence-electron chi connectivity index (χ2n) is 3.03. The summed E-state index contributed by atoms with van der Waals surface area (Å²) in [6.45, 7) is -1.05. The van der Waals surface area contributed by atoms with E-state index in [2.05, 4.69) is 10.3 Å². The third kappa shape index (κ3) is 16.8.